The number of hydrogen-bond donors (Lipinski definition) is 1. The van der Waals surface area contributed by atoms with Crippen molar-refractivity contribution in [3.8, 4) is 11.5 Å². The van der Waals surface area contributed by atoms with Crippen LogP contribution in [0.25, 0.3) is 11.0 Å². The molecule has 0 aliphatic heterocycles. The van der Waals surface area contributed by atoms with E-state index in [0.29, 0.717) is 23.8 Å². The van der Waals surface area contributed by atoms with Crippen molar-refractivity contribution in [2.24, 2.45) is 0 Å². The van der Waals surface area contributed by atoms with Crippen LogP contribution in [-0.4, -0.2) is 27.6 Å². The molecule has 158 valence electrons. The topological polar surface area (TPSA) is 78.3 Å². The van der Waals surface area contributed by atoms with Crippen molar-refractivity contribution in [3.05, 3.63) is 78.4 Å². The Hall–Kier alpha value is -3.87. The third kappa shape index (κ3) is 4.66. The minimum Gasteiger partial charge on any atom is -0.493 e. The van der Waals surface area contributed by atoms with Gasteiger partial charge < -0.3 is 19.4 Å². The number of fused-ring (bicyclic) bond motifs is 1. The lowest BCUT2D eigenvalue weighted by molar-refractivity contribution is -0.116. The number of carbonyl (C=O) groups is 1. The Bertz CT molecular complexity index is 1190. The van der Waals surface area contributed by atoms with Gasteiger partial charge in [-0.05, 0) is 30.3 Å². The third-order valence-electron chi connectivity index (χ3n) is 4.92. The Kier molecular flexibility index (Phi) is 6.12. The summed E-state index contributed by atoms with van der Waals surface area (Å²) in [6, 6.07) is 17.0. The van der Waals surface area contributed by atoms with Crippen LogP contribution in [-0.2, 0) is 24.4 Å². The molecule has 7 nitrogen and oxygen atoms in total. The second kappa shape index (κ2) is 9.30. The summed E-state index contributed by atoms with van der Waals surface area (Å²) in [6.45, 7) is 2.56. The molecular weight excluding hydrogens is 392 g/mol. The van der Waals surface area contributed by atoms with E-state index in [9.17, 15) is 4.79 Å². The quantitative estimate of drug-likeness (QED) is 0.465. The molecule has 0 atom stereocenters. The molecule has 0 spiro atoms. The lowest BCUT2D eigenvalue weighted by Crippen LogP contribution is -2.20. The average molecular weight is 416 g/mol. The highest BCUT2D eigenvalue weighted by Crippen LogP contribution is 2.31. The average Bonchev–Trinajstić information content (AvgIpc) is 3.16. The normalized spacial score (nSPS) is 10.8. The number of nitrogens with zero attached hydrogens (tertiary/aromatic N) is 3. The lowest BCUT2D eigenvalue weighted by Gasteiger charge is -2.14. The number of aromatic nitrogens is 3. The molecule has 0 aliphatic carbocycles. The van der Waals surface area contributed by atoms with Crippen molar-refractivity contribution in [2.45, 2.75) is 26.5 Å². The summed E-state index contributed by atoms with van der Waals surface area (Å²) in [5.41, 5.74) is 3.42. The zero-order chi connectivity index (χ0) is 21.6. The second-order valence-corrected chi connectivity index (χ2v) is 7.02. The van der Waals surface area contributed by atoms with Gasteiger partial charge in [0, 0.05) is 36.1 Å². The molecule has 1 N–H and O–H groups in total. The zero-order valence-corrected chi connectivity index (χ0v) is 17.5. The molecule has 4 rings (SSSR count). The lowest BCUT2D eigenvalue weighted by atomic mass is 10.2. The first-order valence-corrected chi connectivity index (χ1v) is 10.1. The third-order valence-corrected chi connectivity index (χ3v) is 4.92. The number of methoxy groups -OCH3 is 1. The standard InChI is InChI=1S/C24H24N4O3/c1-3-23-27-19-8-4-5-9-20(19)28(23)15-24(29)26-18-10-11-21(30-2)22(13-18)31-16-17-7-6-12-25-14-17/h4-14H,3,15-16H2,1-2H3,(H,26,29). The summed E-state index contributed by atoms with van der Waals surface area (Å²) in [4.78, 5) is 21.5. The van der Waals surface area contributed by atoms with Crippen molar-refractivity contribution in [1.82, 2.24) is 14.5 Å². The van der Waals surface area contributed by atoms with E-state index < -0.39 is 0 Å². The van der Waals surface area contributed by atoms with E-state index in [1.807, 2.05) is 47.9 Å². The van der Waals surface area contributed by atoms with Crippen LogP contribution >= 0.6 is 0 Å². The van der Waals surface area contributed by atoms with Crippen LogP contribution in [0.5, 0.6) is 11.5 Å². The maximum atomic E-state index is 12.8. The molecule has 2 heterocycles. The Morgan fingerprint density at radius 2 is 1.97 bits per heavy atom. The van der Waals surface area contributed by atoms with Crippen molar-refractivity contribution < 1.29 is 14.3 Å². The van der Waals surface area contributed by atoms with Gasteiger partial charge in [-0.2, -0.15) is 0 Å². The molecule has 7 heteroatoms. The summed E-state index contributed by atoms with van der Waals surface area (Å²) < 4.78 is 13.2. The van der Waals surface area contributed by atoms with Gasteiger partial charge in [-0.1, -0.05) is 25.1 Å². The Labute approximate surface area is 180 Å². The number of rotatable bonds is 8. The molecule has 2 aromatic heterocycles. The van der Waals surface area contributed by atoms with E-state index in [-0.39, 0.29) is 12.5 Å². The van der Waals surface area contributed by atoms with Gasteiger partial charge in [-0.25, -0.2) is 4.98 Å². The summed E-state index contributed by atoms with van der Waals surface area (Å²) in [6.07, 6.45) is 4.21. The van der Waals surface area contributed by atoms with Gasteiger partial charge in [0.2, 0.25) is 5.91 Å². The Morgan fingerprint density at radius 1 is 1.10 bits per heavy atom. The van der Waals surface area contributed by atoms with E-state index in [0.717, 1.165) is 28.8 Å². The molecule has 1 amide bonds. The number of imidazole rings is 1. The Morgan fingerprint density at radius 3 is 2.74 bits per heavy atom. The second-order valence-electron chi connectivity index (χ2n) is 7.02. The predicted molar refractivity (Wildman–Crippen MR) is 119 cm³/mol. The molecule has 0 unspecified atom stereocenters. The van der Waals surface area contributed by atoms with Crippen LogP contribution in [0.2, 0.25) is 0 Å². The van der Waals surface area contributed by atoms with E-state index in [4.69, 9.17) is 9.47 Å². The molecule has 0 saturated heterocycles. The van der Waals surface area contributed by atoms with Crippen molar-refractivity contribution in [2.75, 3.05) is 12.4 Å². The first kappa shape index (κ1) is 20.4. The van der Waals surface area contributed by atoms with Crippen LogP contribution in [0.15, 0.2) is 67.0 Å². The number of nitrogens with one attached hydrogen (secondary N) is 1. The van der Waals surface area contributed by atoms with Gasteiger partial charge in [0.15, 0.2) is 11.5 Å². The number of ether oxygens (including phenoxy) is 2. The van der Waals surface area contributed by atoms with Crippen molar-refractivity contribution in [3.63, 3.8) is 0 Å². The molecule has 0 saturated carbocycles. The van der Waals surface area contributed by atoms with Crippen LogP contribution in [0.1, 0.15) is 18.3 Å². The molecule has 0 fully saturated rings. The van der Waals surface area contributed by atoms with E-state index in [2.05, 4.69) is 15.3 Å². The minimum absolute atomic E-state index is 0.138. The summed E-state index contributed by atoms with van der Waals surface area (Å²) in [5, 5.41) is 2.95. The van der Waals surface area contributed by atoms with Crippen LogP contribution in [0, 0.1) is 0 Å². The fourth-order valence-corrected chi connectivity index (χ4v) is 3.43. The first-order chi connectivity index (χ1) is 15.2. The fourth-order valence-electron chi connectivity index (χ4n) is 3.43. The number of pyridine rings is 1. The smallest absolute Gasteiger partial charge is 0.244 e. The fraction of sp³-hybridized carbons (Fsp3) is 0.208. The summed E-state index contributed by atoms with van der Waals surface area (Å²) in [7, 11) is 1.58. The largest absolute Gasteiger partial charge is 0.493 e. The maximum absolute atomic E-state index is 12.8. The van der Waals surface area contributed by atoms with E-state index in [1.165, 1.54) is 0 Å². The van der Waals surface area contributed by atoms with E-state index in [1.54, 1.807) is 37.7 Å². The molecule has 0 bridgehead atoms. The van der Waals surface area contributed by atoms with Gasteiger partial charge in [0.25, 0.3) is 0 Å². The number of aryl methyl sites for hydroxylation is 1. The summed E-state index contributed by atoms with van der Waals surface area (Å²) >= 11 is 0. The molecule has 4 aromatic rings. The van der Waals surface area contributed by atoms with E-state index >= 15 is 0 Å². The van der Waals surface area contributed by atoms with Gasteiger partial charge in [-0.15, -0.1) is 0 Å². The van der Waals surface area contributed by atoms with Gasteiger partial charge in [0.05, 0.1) is 18.1 Å². The number of benzene rings is 2. The first-order valence-electron chi connectivity index (χ1n) is 10.1. The number of anilines is 1. The monoisotopic (exact) mass is 416 g/mol. The van der Waals surface area contributed by atoms with Gasteiger partial charge in [-0.3, -0.25) is 9.78 Å². The molecule has 31 heavy (non-hydrogen) atoms. The molecule has 2 aromatic carbocycles. The highest BCUT2D eigenvalue weighted by atomic mass is 16.5. The number of hydrogen-bond acceptors (Lipinski definition) is 5. The maximum Gasteiger partial charge on any atom is 0.244 e. The van der Waals surface area contributed by atoms with Gasteiger partial charge in [0.1, 0.15) is 19.0 Å². The predicted octanol–water partition coefficient (Wildman–Crippen LogP) is 4.22. The van der Waals surface area contributed by atoms with Gasteiger partial charge >= 0.3 is 0 Å². The van der Waals surface area contributed by atoms with Crippen LogP contribution in [0.3, 0.4) is 0 Å². The molecule has 0 aliphatic rings. The highest BCUT2D eigenvalue weighted by molar-refractivity contribution is 5.92. The van der Waals surface area contributed by atoms with Crippen molar-refractivity contribution >= 4 is 22.6 Å². The van der Waals surface area contributed by atoms with Crippen molar-refractivity contribution in [1.29, 1.82) is 0 Å². The zero-order valence-electron chi connectivity index (χ0n) is 17.5. The SMILES string of the molecule is CCc1nc2ccccc2n1CC(=O)Nc1ccc(OC)c(OCc2cccnc2)c1. The number of amides is 1. The van der Waals surface area contributed by atoms with Crippen LogP contribution in [0.4, 0.5) is 5.69 Å². The number of para-hydroxylation sites is 2. The highest BCUT2D eigenvalue weighted by Gasteiger charge is 2.14. The molecule has 0 radical (unpaired) electrons. The minimum atomic E-state index is -0.138. The molecular formula is C24H24N4O3. The Balaban J connectivity index is 1.49. The number of carbonyl (C=O) groups excluding carboxylic acids is 1. The van der Waals surface area contributed by atoms with Crippen LogP contribution < -0.4 is 14.8 Å². The summed E-state index contributed by atoms with van der Waals surface area (Å²) in [5.74, 6) is 1.88.